The zero-order valence-electron chi connectivity index (χ0n) is 9.65. The van der Waals surface area contributed by atoms with E-state index in [1.165, 1.54) is 0 Å². The molecule has 1 aromatic carbocycles. The fraction of sp³-hybridized carbons (Fsp3) is 0.308. The van der Waals surface area contributed by atoms with E-state index in [1.54, 1.807) is 0 Å². The van der Waals surface area contributed by atoms with Crippen LogP contribution in [0.5, 0.6) is 0 Å². The number of benzene rings is 1. The van der Waals surface area contributed by atoms with Gasteiger partial charge in [-0.3, -0.25) is 0 Å². The largest absolute Gasteiger partial charge is 0.354 e. The van der Waals surface area contributed by atoms with Gasteiger partial charge >= 0.3 is 0 Å². The van der Waals surface area contributed by atoms with Crippen molar-refractivity contribution in [3.8, 4) is 0 Å². The molecule has 1 N–H and O–H groups in total. The summed E-state index contributed by atoms with van der Waals surface area (Å²) in [5.74, 6) is 0.949. The average Bonchev–Trinajstić information content (AvgIpc) is 2.82. The Kier molecular flexibility index (Phi) is 2.57. The third kappa shape index (κ3) is 1.80. The summed E-state index contributed by atoms with van der Waals surface area (Å²) in [5.41, 5.74) is 1.93. The van der Waals surface area contributed by atoms with E-state index in [9.17, 15) is 0 Å². The third-order valence-corrected chi connectivity index (χ3v) is 3.13. The van der Waals surface area contributed by atoms with E-state index < -0.39 is 0 Å². The highest BCUT2D eigenvalue weighted by atomic mass is 16.5. The highest BCUT2D eigenvalue weighted by Crippen LogP contribution is 2.27. The molecule has 1 aliphatic heterocycles. The lowest BCUT2D eigenvalue weighted by Gasteiger charge is -2.27. The summed E-state index contributed by atoms with van der Waals surface area (Å²) in [4.78, 5) is 2.26. The number of nitrogens with zero attached hydrogens (tertiary/aromatic N) is 2. The monoisotopic (exact) mass is 229 g/mol. The second-order valence-corrected chi connectivity index (χ2v) is 4.20. The lowest BCUT2D eigenvalue weighted by Crippen LogP contribution is -2.43. The highest BCUT2D eigenvalue weighted by molar-refractivity contribution is 5.90. The molecule has 0 bridgehead atoms. The van der Waals surface area contributed by atoms with Gasteiger partial charge in [0.25, 0.3) is 0 Å². The van der Waals surface area contributed by atoms with Gasteiger partial charge in [-0.15, -0.1) is 0 Å². The number of piperazine rings is 1. The molecule has 2 aromatic rings. The predicted molar refractivity (Wildman–Crippen MR) is 69.2 cm³/mol. The zero-order chi connectivity index (χ0) is 11.7. The molecule has 4 nitrogen and oxygen atoms in total. The van der Waals surface area contributed by atoms with Crippen molar-refractivity contribution in [1.82, 2.24) is 10.5 Å². The van der Waals surface area contributed by atoms with Crippen LogP contribution in [0, 0.1) is 0 Å². The number of rotatable bonds is 2. The summed E-state index contributed by atoms with van der Waals surface area (Å²) in [6.07, 6.45) is 1.84. The SMILES string of the molecule is C=Cc1ccc2onc(N3CCNCC3)c2c1. The first-order valence-corrected chi connectivity index (χ1v) is 5.86. The lowest BCUT2D eigenvalue weighted by atomic mass is 10.1. The molecule has 1 saturated heterocycles. The van der Waals surface area contributed by atoms with Crippen LogP contribution < -0.4 is 10.2 Å². The van der Waals surface area contributed by atoms with E-state index in [2.05, 4.69) is 28.0 Å². The van der Waals surface area contributed by atoms with Gasteiger partial charge in [-0.1, -0.05) is 23.9 Å². The highest BCUT2D eigenvalue weighted by Gasteiger charge is 2.17. The maximum Gasteiger partial charge on any atom is 0.180 e. The Balaban J connectivity index is 2.05. The van der Waals surface area contributed by atoms with Gasteiger partial charge in [0.15, 0.2) is 11.4 Å². The summed E-state index contributed by atoms with van der Waals surface area (Å²) in [6, 6.07) is 6.02. The zero-order valence-corrected chi connectivity index (χ0v) is 9.65. The number of aromatic nitrogens is 1. The minimum absolute atomic E-state index is 0.837. The first-order valence-electron chi connectivity index (χ1n) is 5.86. The summed E-state index contributed by atoms with van der Waals surface area (Å²) in [7, 11) is 0. The molecule has 0 amide bonds. The minimum atomic E-state index is 0.837. The number of hydrogen-bond donors (Lipinski definition) is 1. The van der Waals surface area contributed by atoms with Gasteiger partial charge in [0, 0.05) is 26.2 Å². The van der Waals surface area contributed by atoms with E-state index in [0.717, 1.165) is 48.5 Å². The van der Waals surface area contributed by atoms with Crippen LogP contribution in [0.2, 0.25) is 0 Å². The van der Waals surface area contributed by atoms with Gasteiger partial charge in [0.1, 0.15) is 0 Å². The molecule has 0 radical (unpaired) electrons. The Labute approximate surface area is 99.9 Å². The van der Waals surface area contributed by atoms with E-state index in [-0.39, 0.29) is 0 Å². The van der Waals surface area contributed by atoms with Crippen molar-refractivity contribution >= 4 is 22.9 Å². The molecular formula is C13H15N3O. The van der Waals surface area contributed by atoms with Crippen molar-refractivity contribution in [2.75, 3.05) is 31.1 Å². The molecule has 0 spiro atoms. The summed E-state index contributed by atoms with van der Waals surface area (Å²) >= 11 is 0. The Morgan fingerprint density at radius 1 is 1.35 bits per heavy atom. The molecule has 2 heterocycles. The van der Waals surface area contributed by atoms with Crippen LogP contribution in [0.25, 0.3) is 17.0 Å². The molecule has 88 valence electrons. The fourth-order valence-electron chi connectivity index (χ4n) is 2.18. The van der Waals surface area contributed by atoms with Gasteiger partial charge in [0.05, 0.1) is 5.39 Å². The molecule has 1 aromatic heterocycles. The number of fused-ring (bicyclic) bond motifs is 1. The predicted octanol–water partition coefficient (Wildman–Crippen LogP) is 1.88. The lowest BCUT2D eigenvalue weighted by molar-refractivity contribution is 0.451. The van der Waals surface area contributed by atoms with Crippen LogP contribution >= 0.6 is 0 Å². The van der Waals surface area contributed by atoms with Crippen LogP contribution in [-0.2, 0) is 0 Å². The van der Waals surface area contributed by atoms with Crippen molar-refractivity contribution in [1.29, 1.82) is 0 Å². The summed E-state index contributed by atoms with van der Waals surface area (Å²) in [6.45, 7) is 7.73. The second-order valence-electron chi connectivity index (χ2n) is 4.20. The molecule has 0 saturated carbocycles. The molecule has 0 atom stereocenters. The smallest absolute Gasteiger partial charge is 0.180 e. The van der Waals surface area contributed by atoms with Gasteiger partial charge in [-0.25, -0.2) is 0 Å². The Hall–Kier alpha value is -1.81. The van der Waals surface area contributed by atoms with E-state index in [4.69, 9.17) is 4.52 Å². The number of hydrogen-bond acceptors (Lipinski definition) is 4. The fourth-order valence-corrected chi connectivity index (χ4v) is 2.18. The van der Waals surface area contributed by atoms with Gasteiger partial charge in [0.2, 0.25) is 0 Å². The molecule has 3 rings (SSSR count). The van der Waals surface area contributed by atoms with Gasteiger partial charge in [-0.05, 0) is 17.7 Å². The standard InChI is InChI=1S/C13H15N3O/c1-2-10-3-4-12-11(9-10)13(15-17-12)16-7-5-14-6-8-16/h2-4,9,14H,1,5-8H2. The maximum atomic E-state index is 5.36. The second kappa shape index (κ2) is 4.22. The van der Waals surface area contributed by atoms with Crippen molar-refractivity contribution in [3.05, 3.63) is 30.3 Å². The van der Waals surface area contributed by atoms with Gasteiger partial charge in [-0.2, -0.15) is 0 Å². The van der Waals surface area contributed by atoms with Crippen LogP contribution in [0.1, 0.15) is 5.56 Å². The topological polar surface area (TPSA) is 41.3 Å². The summed E-state index contributed by atoms with van der Waals surface area (Å²) < 4.78 is 5.36. The Bertz CT molecular complexity index is 541. The van der Waals surface area contributed by atoms with Crippen molar-refractivity contribution in [2.24, 2.45) is 0 Å². The first-order chi connectivity index (χ1) is 8.38. The molecular weight excluding hydrogens is 214 g/mol. The van der Waals surface area contributed by atoms with Crippen molar-refractivity contribution < 1.29 is 4.52 Å². The van der Waals surface area contributed by atoms with Crippen LogP contribution in [0.15, 0.2) is 29.3 Å². The average molecular weight is 229 g/mol. The van der Waals surface area contributed by atoms with E-state index >= 15 is 0 Å². The first kappa shape index (κ1) is 10.4. The van der Waals surface area contributed by atoms with Crippen LogP contribution in [-0.4, -0.2) is 31.3 Å². The molecule has 1 fully saturated rings. The normalized spacial score (nSPS) is 16.4. The number of anilines is 1. The maximum absolute atomic E-state index is 5.36. The minimum Gasteiger partial charge on any atom is -0.354 e. The molecule has 4 heteroatoms. The summed E-state index contributed by atoms with van der Waals surface area (Å²) in [5, 5.41) is 8.59. The quantitative estimate of drug-likeness (QED) is 0.853. The van der Waals surface area contributed by atoms with E-state index in [0.29, 0.717) is 0 Å². The molecule has 0 unspecified atom stereocenters. The van der Waals surface area contributed by atoms with Gasteiger partial charge < -0.3 is 14.7 Å². The molecule has 1 aliphatic rings. The van der Waals surface area contributed by atoms with Crippen molar-refractivity contribution in [3.63, 3.8) is 0 Å². The van der Waals surface area contributed by atoms with Crippen LogP contribution in [0.3, 0.4) is 0 Å². The Morgan fingerprint density at radius 3 is 2.94 bits per heavy atom. The number of nitrogens with one attached hydrogen (secondary N) is 1. The van der Waals surface area contributed by atoms with E-state index in [1.807, 2.05) is 18.2 Å². The molecule has 0 aliphatic carbocycles. The molecule has 17 heavy (non-hydrogen) atoms. The van der Waals surface area contributed by atoms with Crippen LogP contribution in [0.4, 0.5) is 5.82 Å². The third-order valence-electron chi connectivity index (χ3n) is 3.13. The Morgan fingerprint density at radius 2 is 2.18 bits per heavy atom. The van der Waals surface area contributed by atoms with Crippen molar-refractivity contribution in [2.45, 2.75) is 0 Å².